The zero-order chi connectivity index (χ0) is 97.0. The third-order valence-corrected chi connectivity index (χ3v) is 25.0. The largest absolute Gasteiger partial charge is 0.507 e. The molecule has 4 aromatic carbocycles. The van der Waals surface area contributed by atoms with E-state index in [1.54, 1.807) is 56.7 Å². The molecule has 15 aromatic rings. The number of nitrogen functional groups attached to an aromatic ring is 2. The van der Waals surface area contributed by atoms with Crippen LogP contribution in [0.1, 0.15) is 114 Å². The van der Waals surface area contributed by atoms with E-state index in [-0.39, 0.29) is 138 Å². The second kappa shape index (κ2) is 36.2. The number of phenolic OH excluding ortho intramolecular Hbond substituents is 1. The first-order chi connectivity index (χ1) is 64.3. The molecule has 0 unspecified atom stereocenters. The molecule has 3 atom stereocenters. The lowest BCUT2D eigenvalue weighted by molar-refractivity contribution is -0.127. The molecule has 5 N–H and O–H groups in total. The van der Waals surface area contributed by atoms with Crippen LogP contribution in [0.3, 0.4) is 0 Å². The first-order valence-corrected chi connectivity index (χ1v) is 43.9. The molecule has 0 saturated carbocycles. The topological polar surface area (TPSA) is 365 Å². The van der Waals surface area contributed by atoms with Crippen LogP contribution in [0, 0.1) is 55.7 Å². The van der Waals surface area contributed by atoms with Crippen LogP contribution >= 0.6 is 0 Å². The van der Waals surface area contributed by atoms with Gasteiger partial charge in [-0.2, -0.15) is 15.0 Å². The van der Waals surface area contributed by atoms with E-state index >= 15 is 26.3 Å². The van der Waals surface area contributed by atoms with Crippen molar-refractivity contribution in [2.75, 3.05) is 85.1 Å². The number of benzene rings is 4. The van der Waals surface area contributed by atoms with E-state index in [4.69, 9.17) is 21.4 Å². The van der Waals surface area contributed by atoms with E-state index in [9.17, 15) is 33.9 Å². The van der Waals surface area contributed by atoms with Gasteiger partial charge in [0.1, 0.15) is 68.8 Å². The summed E-state index contributed by atoms with van der Waals surface area (Å²) in [6.45, 7) is 36.7. The number of hydrogen-bond acceptors (Lipinski definition) is 23. The number of aryl methyl sites for hydroxylation is 6. The number of halogens is 6. The van der Waals surface area contributed by atoms with E-state index in [2.05, 4.69) is 64.6 Å². The minimum atomic E-state index is -0.898. The van der Waals surface area contributed by atoms with Gasteiger partial charge in [0.25, 0.3) is 0 Å². The van der Waals surface area contributed by atoms with E-state index in [0.717, 1.165) is 33.8 Å². The number of phenols is 1. The predicted octanol–water partition coefficient (Wildman–Crippen LogP) is 13.5. The molecule has 0 aliphatic carbocycles. The van der Waals surface area contributed by atoms with Crippen LogP contribution in [-0.4, -0.2) is 197 Å². The summed E-state index contributed by atoms with van der Waals surface area (Å²) < 4.78 is 103. The van der Waals surface area contributed by atoms with Crippen LogP contribution in [0.4, 0.5) is 55.2 Å². The van der Waals surface area contributed by atoms with Gasteiger partial charge in [-0.3, -0.25) is 14.4 Å². The lowest BCUT2D eigenvalue weighted by atomic mass is 9.95. The van der Waals surface area contributed by atoms with Crippen molar-refractivity contribution in [3.05, 3.63) is 236 Å². The van der Waals surface area contributed by atoms with Crippen molar-refractivity contribution < 1.29 is 45.8 Å². The summed E-state index contributed by atoms with van der Waals surface area (Å²) in [6.07, 6.45) is 8.77. The number of anilines is 5. The zero-order valence-electron chi connectivity index (χ0n) is 77.0. The fraction of sp³-hybridized carbons (Fsp3) is 0.309. The number of fused-ring (bicyclic) bond motifs is 6. The second-order valence-electron chi connectivity index (χ2n) is 35.0. The maximum Gasteiger partial charge on any atom is 0.355 e. The number of carbonyl (C=O) groups excluding carboxylic acids is 3. The molecule has 0 bridgehead atoms. The summed E-state index contributed by atoms with van der Waals surface area (Å²) >= 11 is 0. The summed E-state index contributed by atoms with van der Waals surface area (Å²) in [7, 11) is 5.56. The maximum atomic E-state index is 16.0. The van der Waals surface area contributed by atoms with Gasteiger partial charge in [0, 0.05) is 126 Å². The molecule has 0 radical (unpaired) electrons. The number of piperazine rings is 3. The standard InChI is InChI=1S/C33H33F2N7O3.2C32H33F2N9O2/c1-7-25(44)40-11-12-41(19(5)15-40)31-20-14-22(35)28(27-21(34)9-8-10-24(27)43)37-32(20)42(33(45)38-31)30-18(4)13-23-29(26(30)17(2)3)36-16-39(23)6;2*1-7-23(44)41-11-12-42(17(4)14-41)29-19-13-21(34)26(25-20(33)9-8-10-22(25)35)38-30(19)43(32(45)39-29)28-18(5)37-31-27(24(28)16(2)3)36-15-40(31)6/h7-10,13-14,16-17,19,43H,1,11-12,15H2,2-6H3;2*7-10,13,15-17H,1,11-12,14,35H2,2-6H3/t19-;2*17-/m000/s1. The van der Waals surface area contributed by atoms with Crippen LogP contribution in [0.2, 0.25) is 0 Å². The lowest BCUT2D eigenvalue weighted by Gasteiger charge is -2.40. The number of aromatic nitrogens is 17. The first kappa shape index (κ1) is 92.7. The van der Waals surface area contributed by atoms with Gasteiger partial charge in [-0.05, 0) is 144 Å². The molecular weight excluding hydrogens is 1740 g/mol. The average Bonchev–Trinajstić information content (AvgIpc) is 1.72. The Morgan fingerprint density at radius 2 is 0.733 bits per heavy atom. The molecule has 135 heavy (non-hydrogen) atoms. The van der Waals surface area contributed by atoms with Gasteiger partial charge in [0.2, 0.25) is 17.7 Å². The fourth-order valence-corrected chi connectivity index (χ4v) is 18.7. The molecule has 38 heteroatoms. The number of rotatable bonds is 15. The highest BCUT2D eigenvalue weighted by Crippen LogP contribution is 2.44. The summed E-state index contributed by atoms with van der Waals surface area (Å²) in [5.41, 5.74) is 17.8. The maximum absolute atomic E-state index is 16.0. The molecular formula is C97H99F6N25O7. The highest BCUT2D eigenvalue weighted by Gasteiger charge is 2.38. The van der Waals surface area contributed by atoms with E-state index in [1.165, 1.54) is 98.7 Å². The quantitative estimate of drug-likeness (QED) is 0.0487. The Morgan fingerprint density at radius 3 is 1.07 bits per heavy atom. The molecule has 3 saturated heterocycles. The Labute approximate surface area is 769 Å². The third-order valence-electron chi connectivity index (χ3n) is 25.0. The highest BCUT2D eigenvalue weighted by atomic mass is 19.1. The Bertz CT molecular complexity index is 6900. The fourth-order valence-electron chi connectivity index (χ4n) is 18.7. The van der Waals surface area contributed by atoms with Crippen molar-refractivity contribution >= 4 is 113 Å². The molecule has 3 aliphatic heterocycles. The van der Waals surface area contributed by atoms with E-state index in [0.29, 0.717) is 115 Å². The smallest absolute Gasteiger partial charge is 0.355 e. The summed E-state index contributed by atoms with van der Waals surface area (Å²) in [4.78, 5) is 141. The van der Waals surface area contributed by atoms with Gasteiger partial charge in [-0.25, -0.2) is 94.3 Å². The minimum absolute atomic E-state index is 0.00354. The minimum Gasteiger partial charge on any atom is -0.507 e. The highest BCUT2D eigenvalue weighted by molar-refractivity contribution is 5.98. The van der Waals surface area contributed by atoms with E-state index < -0.39 is 69.0 Å². The normalized spacial score (nSPS) is 15.4. The van der Waals surface area contributed by atoms with Gasteiger partial charge < -0.3 is 59.7 Å². The molecule has 3 aliphatic rings. The van der Waals surface area contributed by atoms with Crippen LogP contribution in [0.25, 0.3) is 117 Å². The molecule has 14 heterocycles. The average molecular weight is 1840 g/mol. The molecule has 0 spiro atoms. The molecule has 696 valence electrons. The predicted molar refractivity (Wildman–Crippen MR) is 508 cm³/mol. The molecule has 3 amide bonds. The summed E-state index contributed by atoms with van der Waals surface area (Å²) in [5, 5.41) is 11.2. The third kappa shape index (κ3) is 16.3. The van der Waals surface area contributed by atoms with Crippen molar-refractivity contribution in [3.63, 3.8) is 0 Å². The second-order valence-corrected chi connectivity index (χ2v) is 35.0. The lowest BCUT2D eigenvalue weighted by Crippen LogP contribution is -2.54. The SMILES string of the molecule is C=CC(=O)N1CCN(c2nc(=O)n(-c3c(C)cc4c(ncn4C)c3C(C)C)c3nc(-c4c(O)cccc4F)c(F)cc23)[C@@H](C)C1.C=CC(=O)N1CCN(c2nc(=O)n(-c3c(C)nc4c(ncn4C)c3C(C)C)c3nc(-c4c(N)cccc4F)c(F)cc23)[C@@H](C)C1.C=CC(=O)N1CCN(c2nc(=O)n(-c3c(C)nc4c(ncn4C)c3C(C)C)c3nc(-c4c(N)cccc4F)c(F)cc23)[C@@H](C)C1. The van der Waals surface area contributed by atoms with Crippen molar-refractivity contribution in [3.8, 4) is 56.6 Å². The Morgan fingerprint density at radius 1 is 0.415 bits per heavy atom. The van der Waals surface area contributed by atoms with Gasteiger partial charge in [-0.1, -0.05) is 79.5 Å². The van der Waals surface area contributed by atoms with Crippen LogP contribution < -0.4 is 43.2 Å². The number of nitrogens with zero attached hydrogens (tertiary/aromatic N) is 23. The molecule has 3 fully saturated rings. The molecule has 18 rings (SSSR count). The van der Waals surface area contributed by atoms with E-state index in [1.807, 2.05) is 116 Å². The van der Waals surface area contributed by atoms with Crippen molar-refractivity contribution in [1.82, 2.24) is 96.9 Å². The van der Waals surface area contributed by atoms with Crippen molar-refractivity contribution in [1.29, 1.82) is 0 Å². The van der Waals surface area contributed by atoms with Gasteiger partial charge >= 0.3 is 17.1 Å². The Kier molecular flexibility index (Phi) is 24.9. The number of imidazole rings is 3. The van der Waals surface area contributed by atoms with Crippen LogP contribution in [0.15, 0.2) is 150 Å². The molecule has 11 aromatic heterocycles. The van der Waals surface area contributed by atoms with Gasteiger partial charge in [0.15, 0.2) is 45.7 Å². The number of carbonyl (C=O) groups is 3. The van der Waals surface area contributed by atoms with Gasteiger partial charge in [-0.15, -0.1) is 0 Å². The Balaban J connectivity index is 0.000000147. The van der Waals surface area contributed by atoms with Crippen LogP contribution in [-0.2, 0) is 35.5 Å². The number of nitrogens with two attached hydrogens (primary N) is 2. The molecule has 32 nitrogen and oxygen atoms in total. The monoisotopic (exact) mass is 1840 g/mol. The number of aromatic hydroxyl groups is 1. The zero-order valence-corrected chi connectivity index (χ0v) is 77.0. The van der Waals surface area contributed by atoms with Crippen molar-refractivity contribution in [2.45, 2.75) is 119 Å². The van der Waals surface area contributed by atoms with Crippen molar-refractivity contribution in [2.24, 2.45) is 21.1 Å². The number of pyridine rings is 5. The van der Waals surface area contributed by atoms with Crippen LogP contribution in [0.5, 0.6) is 5.75 Å². The number of hydrogen-bond donors (Lipinski definition) is 3. The summed E-state index contributed by atoms with van der Waals surface area (Å²) in [6, 6.07) is 16.5. The van der Waals surface area contributed by atoms with Gasteiger partial charge in [0.05, 0.1) is 91.3 Å². The number of amides is 3. The summed E-state index contributed by atoms with van der Waals surface area (Å²) in [5.74, 6) is -5.75. The first-order valence-electron chi connectivity index (χ1n) is 43.9. The Hall–Kier alpha value is -15.5.